The van der Waals surface area contributed by atoms with Crippen LogP contribution in [0.1, 0.15) is 41.1 Å². The lowest BCUT2D eigenvalue weighted by molar-refractivity contribution is -0.120. The van der Waals surface area contributed by atoms with E-state index in [2.05, 4.69) is 94.3 Å². The first kappa shape index (κ1) is 32.2. The molecular formula is C41H43N7O. The number of amidine groups is 1. The number of rotatable bonds is 11. The average molecular weight is 650 g/mol. The summed E-state index contributed by atoms with van der Waals surface area (Å²) in [6.45, 7) is 2.68. The standard InChI is InChI=1S/C41H43N7O/c1-46-38-18-17-35(26-37(38)45-39(46)19-14-29-12-15-32(16-13-29)41(42)43)48(27-33-9-6-8-31-7-2-3-11-36(31)33)40(49)28-47-23-20-30(21-24-47)25-34-10-4-5-22-44-34/h2-13,15-18,22,26,30H,14,19-21,23-25,27-28H2,1H3,(H3,42,43). The first-order valence-electron chi connectivity index (χ1n) is 17.2. The molecule has 49 heavy (non-hydrogen) atoms. The third-order valence-corrected chi connectivity index (χ3v) is 9.97. The van der Waals surface area contributed by atoms with Gasteiger partial charge in [0.25, 0.3) is 0 Å². The number of aromatic nitrogens is 3. The summed E-state index contributed by atoms with van der Waals surface area (Å²) in [5.74, 6) is 1.75. The number of amides is 1. The van der Waals surface area contributed by atoms with Crippen molar-refractivity contribution in [3.63, 3.8) is 0 Å². The van der Waals surface area contributed by atoms with E-state index in [1.807, 2.05) is 41.4 Å². The van der Waals surface area contributed by atoms with Crippen molar-refractivity contribution >= 4 is 39.2 Å². The lowest BCUT2D eigenvalue weighted by Crippen LogP contribution is -2.43. The summed E-state index contributed by atoms with van der Waals surface area (Å²) < 4.78 is 2.15. The molecule has 1 aliphatic rings. The highest BCUT2D eigenvalue weighted by Gasteiger charge is 2.25. The Hall–Kier alpha value is -5.34. The maximum atomic E-state index is 14.3. The molecule has 0 spiro atoms. The summed E-state index contributed by atoms with van der Waals surface area (Å²) in [4.78, 5) is 28.1. The molecule has 0 atom stereocenters. The number of carbonyl (C=O) groups excluding carboxylic acids is 1. The number of likely N-dealkylation sites (tertiary alicyclic amines) is 1. The first-order valence-corrected chi connectivity index (χ1v) is 17.2. The molecule has 3 heterocycles. The zero-order chi connectivity index (χ0) is 33.7. The number of aryl methyl sites for hydroxylation is 3. The predicted molar refractivity (Wildman–Crippen MR) is 198 cm³/mol. The summed E-state index contributed by atoms with van der Waals surface area (Å²) >= 11 is 0. The number of nitrogens with two attached hydrogens (primary N) is 1. The predicted octanol–water partition coefficient (Wildman–Crippen LogP) is 6.68. The Labute approximate surface area is 287 Å². The van der Waals surface area contributed by atoms with Gasteiger partial charge in [-0.3, -0.25) is 20.1 Å². The highest BCUT2D eigenvalue weighted by Crippen LogP contribution is 2.28. The number of pyridine rings is 1. The number of imidazole rings is 1. The number of nitrogen functional groups attached to an aromatic ring is 1. The molecule has 0 radical (unpaired) electrons. The van der Waals surface area contributed by atoms with Gasteiger partial charge in [0.05, 0.1) is 24.1 Å². The Bertz CT molecular complexity index is 2070. The number of piperidine rings is 1. The van der Waals surface area contributed by atoms with Crippen LogP contribution in [0.25, 0.3) is 21.8 Å². The largest absolute Gasteiger partial charge is 0.384 e. The van der Waals surface area contributed by atoms with Crippen LogP contribution in [0.3, 0.4) is 0 Å². The summed E-state index contributed by atoms with van der Waals surface area (Å²) in [6, 6.07) is 34.9. The van der Waals surface area contributed by atoms with Gasteiger partial charge in [-0.1, -0.05) is 72.8 Å². The van der Waals surface area contributed by atoms with Crippen LogP contribution in [0.4, 0.5) is 5.69 Å². The zero-order valence-electron chi connectivity index (χ0n) is 28.1. The fourth-order valence-corrected chi connectivity index (χ4v) is 7.10. The van der Waals surface area contributed by atoms with E-state index in [4.69, 9.17) is 16.1 Å². The zero-order valence-corrected chi connectivity index (χ0v) is 28.1. The molecule has 1 aliphatic heterocycles. The summed E-state index contributed by atoms with van der Waals surface area (Å²) in [6.07, 6.45) is 6.59. The van der Waals surface area contributed by atoms with Crippen LogP contribution in [0.5, 0.6) is 0 Å². The third kappa shape index (κ3) is 7.39. The number of carbonyl (C=O) groups is 1. The molecule has 248 valence electrons. The molecule has 1 amide bonds. The van der Waals surface area contributed by atoms with Crippen molar-refractivity contribution in [3.8, 4) is 0 Å². The van der Waals surface area contributed by atoms with Crippen LogP contribution in [0, 0.1) is 11.3 Å². The molecule has 2 aromatic heterocycles. The van der Waals surface area contributed by atoms with E-state index in [-0.39, 0.29) is 11.7 Å². The van der Waals surface area contributed by atoms with E-state index in [9.17, 15) is 4.79 Å². The van der Waals surface area contributed by atoms with Crippen molar-refractivity contribution in [2.75, 3.05) is 24.5 Å². The summed E-state index contributed by atoms with van der Waals surface area (Å²) in [7, 11) is 2.06. The molecular weight excluding hydrogens is 606 g/mol. The molecule has 0 aliphatic carbocycles. The Kier molecular flexibility index (Phi) is 9.48. The molecule has 8 nitrogen and oxygen atoms in total. The molecule has 1 saturated heterocycles. The molecule has 0 bridgehead atoms. The molecule has 0 saturated carbocycles. The van der Waals surface area contributed by atoms with Crippen molar-refractivity contribution in [2.24, 2.45) is 18.7 Å². The maximum Gasteiger partial charge on any atom is 0.241 e. The number of anilines is 1. The number of nitrogens with one attached hydrogen (secondary N) is 1. The lowest BCUT2D eigenvalue weighted by Gasteiger charge is -2.33. The maximum absolute atomic E-state index is 14.3. The van der Waals surface area contributed by atoms with Crippen molar-refractivity contribution in [3.05, 3.63) is 138 Å². The van der Waals surface area contributed by atoms with Gasteiger partial charge >= 0.3 is 0 Å². The molecule has 4 aromatic carbocycles. The van der Waals surface area contributed by atoms with Crippen LogP contribution in [-0.4, -0.2) is 50.8 Å². The van der Waals surface area contributed by atoms with E-state index in [0.717, 1.165) is 89.9 Å². The minimum Gasteiger partial charge on any atom is -0.384 e. The van der Waals surface area contributed by atoms with Gasteiger partial charge < -0.3 is 15.2 Å². The highest BCUT2D eigenvalue weighted by atomic mass is 16.2. The van der Waals surface area contributed by atoms with Crippen LogP contribution in [-0.2, 0) is 37.6 Å². The van der Waals surface area contributed by atoms with E-state index >= 15 is 0 Å². The smallest absolute Gasteiger partial charge is 0.241 e. The Morgan fingerprint density at radius 3 is 2.47 bits per heavy atom. The normalized spacial score (nSPS) is 14.0. The minimum atomic E-state index is 0.0758. The summed E-state index contributed by atoms with van der Waals surface area (Å²) in [5.41, 5.74) is 12.6. The average Bonchev–Trinajstić information content (AvgIpc) is 3.45. The van der Waals surface area contributed by atoms with Crippen LogP contribution >= 0.6 is 0 Å². The van der Waals surface area contributed by atoms with E-state index in [1.165, 1.54) is 10.9 Å². The number of hydrogen-bond acceptors (Lipinski definition) is 5. The van der Waals surface area contributed by atoms with Gasteiger partial charge in [-0.15, -0.1) is 0 Å². The molecule has 0 unspecified atom stereocenters. The lowest BCUT2D eigenvalue weighted by atomic mass is 9.92. The number of hydrogen-bond donors (Lipinski definition) is 2. The topological polar surface area (TPSA) is 104 Å². The second kappa shape index (κ2) is 14.4. The van der Waals surface area contributed by atoms with Gasteiger partial charge in [0.1, 0.15) is 11.7 Å². The van der Waals surface area contributed by atoms with Gasteiger partial charge in [0, 0.05) is 36.6 Å². The van der Waals surface area contributed by atoms with Gasteiger partial charge in [0.15, 0.2) is 0 Å². The molecule has 3 N–H and O–H groups in total. The van der Waals surface area contributed by atoms with Crippen LogP contribution in [0.2, 0.25) is 0 Å². The van der Waals surface area contributed by atoms with Crippen molar-refractivity contribution in [1.29, 1.82) is 5.41 Å². The number of fused-ring (bicyclic) bond motifs is 2. The van der Waals surface area contributed by atoms with Gasteiger partial charge in [0.2, 0.25) is 5.91 Å². The van der Waals surface area contributed by atoms with Crippen molar-refractivity contribution < 1.29 is 4.79 Å². The van der Waals surface area contributed by atoms with E-state index in [0.29, 0.717) is 19.0 Å². The van der Waals surface area contributed by atoms with Gasteiger partial charge in [-0.05, 0) is 96.9 Å². The van der Waals surface area contributed by atoms with Crippen LogP contribution < -0.4 is 10.6 Å². The second-order valence-electron chi connectivity index (χ2n) is 13.2. The molecule has 6 aromatic rings. The SMILES string of the molecule is Cn1c(CCc2ccc(C(=N)N)cc2)nc2cc(N(Cc3cccc4ccccc34)C(=O)CN3CCC(Cc4ccccn4)CC3)ccc21. The van der Waals surface area contributed by atoms with Gasteiger partial charge in [-0.25, -0.2) is 4.98 Å². The molecule has 1 fully saturated rings. The number of nitrogens with zero attached hydrogens (tertiary/aromatic N) is 5. The minimum absolute atomic E-state index is 0.0758. The quantitative estimate of drug-likeness (QED) is 0.120. The van der Waals surface area contributed by atoms with Crippen molar-refractivity contribution in [1.82, 2.24) is 19.4 Å². The Balaban J connectivity index is 1.11. The fourth-order valence-electron chi connectivity index (χ4n) is 7.10. The monoisotopic (exact) mass is 649 g/mol. The van der Waals surface area contributed by atoms with Gasteiger partial charge in [-0.2, -0.15) is 0 Å². The second-order valence-corrected chi connectivity index (χ2v) is 13.2. The fraction of sp³-hybridized carbons (Fsp3) is 0.268. The third-order valence-electron chi connectivity index (χ3n) is 9.97. The van der Waals surface area contributed by atoms with E-state index in [1.54, 1.807) is 0 Å². The Morgan fingerprint density at radius 2 is 1.69 bits per heavy atom. The van der Waals surface area contributed by atoms with E-state index < -0.39 is 0 Å². The first-order chi connectivity index (χ1) is 23.9. The number of benzene rings is 4. The summed E-state index contributed by atoms with van der Waals surface area (Å²) in [5, 5.41) is 9.98. The van der Waals surface area contributed by atoms with Crippen LogP contribution in [0.15, 0.2) is 109 Å². The van der Waals surface area contributed by atoms with Crippen molar-refractivity contribution in [2.45, 2.75) is 38.6 Å². The molecule has 8 heteroatoms. The highest BCUT2D eigenvalue weighted by molar-refractivity contribution is 5.97. The Morgan fingerprint density at radius 1 is 0.918 bits per heavy atom. The molecule has 7 rings (SSSR count).